The number of amides is 1. The second kappa shape index (κ2) is 7.52. The van der Waals surface area contributed by atoms with Crippen molar-refractivity contribution in [2.24, 2.45) is 0 Å². The molecule has 0 radical (unpaired) electrons. The summed E-state index contributed by atoms with van der Waals surface area (Å²) in [5.41, 5.74) is 0.906. The Labute approximate surface area is 139 Å². The molecule has 0 fully saturated rings. The Hall–Kier alpha value is -1.99. The zero-order valence-corrected chi connectivity index (χ0v) is 14.3. The molecule has 1 aromatic carbocycles. The molecular formula is C16H21N3O3S. The number of aromatic amines is 1. The molecule has 0 spiro atoms. The third-order valence-corrected chi connectivity index (χ3v) is 3.72. The van der Waals surface area contributed by atoms with Crippen molar-refractivity contribution in [1.82, 2.24) is 14.9 Å². The maximum absolute atomic E-state index is 12.5. The van der Waals surface area contributed by atoms with Crippen LogP contribution in [0.15, 0.2) is 23.0 Å². The van der Waals surface area contributed by atoms with E-state index in [9.17, 15) is 9.59 Å². The van der Waals surface area contributed by atoms with Gasteiger partial charge < -0.3 is 15.0 Å². The minimum Gasteiger partial charge on any atom is -0.385 e. The molecule has 2 aromatic rings. The quantitative estimate of drug-likeness (QED) is 0.627. The van der Waals surface area contributed by atoms with Gasteiger partial charge in [0.25, 0.3) is 11.5 Å². The van der Waals surface area contributed by atoms with Crippen LogP contribution in [-0.4, -0.2) is 35.2 Å². The van der Waals surface area contributed by atoms with Crippen LogP contribution in [0.3, 0.4) is 0 Å². The predicted octanol–water partition coefficient (Wildman–Crippen LogP) is 2.23. The lowest BCUT2D eigenvalue weighted by Crippen LogP contribution is -2.30. The molecular weight excluding hydrogens is 314 g/mol. The predicted molar refractivity (Wildman–Crippen MR) is 92.5 cm³/mol. The van der Waals surface area contributed by atoms with Crippen LogP contribution in [0.1, 0.15) is 30.6 Å². The fourth-order valence-electron chi connectivity index (χ4n) is 2.31. The Kier molecular flexibility index (Phi) is 5.68. The molecule has 1 amide bonds. The number of carbonyl (C=O) groups excluding carboxylic acids is 1. The molecule has 0 atom stereocenters. The molecule has 6 nitrogen and oxygen atoms in total. The van der Waals surface area contributed by atoms with Gasteiger partial charge in [0.05, 0.1) is 10.9 Å². The van der Waals surface area contributed by atoms with Crippen LogP contribution in [-0.2, 0) is 11.3 Å². The Morgan fingerprint density at radius 3 is 2.83 bits per heavy atom. The molecule has 1 aromatic heterocycles. The lowest BCUT2D eigenvalue weighted by atomic mass is 10.1. The van der Waals surface area contributed by atoms with Gasteiger partial charge in [0.1, 0.15) is 0 Å². The first-order valence-electron chi connectivity index (χ1n) is 7.50. The van der Waals surface area contributed by atoms with E-state index >= 15 is 0 Å². The van der Waals surface area contributed by atoms with Gasteiger partial charge in [0.2, 0.25) is 0 Å². The first-order valence-corrected chi connectivity index (χ1v) is 7.91. The topological polar surface area (TPSA) is 76.1 Å². The van der Waals surface area contributed by atoms with Crippen molar-refractivity contribution in [1.29, 1.82) is 0 Å². The molecule has 0 saturated heterocycles. The summed E-state index contributed by atoms with van der Waals surface area (Å²) >= 11 is 5.26. The van der Waals surface area contributed by atoms with Gasteiger partial charge in [-0.3, -0.25) is 14.2 Å². The van der Waals surface area contributed by atoms with Crippen molar-refractivity contribution in [2.45, 2.75) is 32.9 Å². The Morgan fingerprint density at radius 2 is 2.17 bits per heavy atom. The average molecular weight is 335 g/mol. The Bertz CT molecular complexity index is 823. The number of H-pyrrole nitrogens is 1. The molecule has 7 heteroatoms. The standard InChI is InChI=1S/C16H21N3O3S/c1-10(2)17-14(20)11-5-6-12-13(9-11)18-16(23)19(15(12)21)7-4-8-22-3/h5-6,9-10H,4,7-8H2,1-3H3,(H,17,20)(H,18,23). The zero-order chi connectivity index (χ0) is 17.0. The third kappa shape index (κ3) is 4.05. The summed E-state index contributed by atoms with van der Waals surface area (Å²) in [4.78, 5) is 27.6. The number of nitrogens with one attached hydrogen (secondary N) is 2. The van der Waals surface area contributed by atoms with E-state index in [1.807, 2.05) is 13.8 Å². The summed E-state index contributed by atoms with van der Waals surface area (Å²) in [6, 6.07) is 5.01. The Balaban J connectivity index is 2.42. The number of nitrogens with zero attached hydrogens (tertiary/aromatic N) is 1. The van der Waals surface area contributed by atoms with Crippen LogP contribution in [0.2, 0.25) is 0 Å². The van der Waals surface area contributed by atoms with Crippen molar-refractivity contribution in [2.75, 3.05) is 13.7 Å². The number of fused-ring (bicyclic) bond motifs is 1. The van der Waals surface area contributed by atoms with E-state index in [1.54, 1.807) is 25.3 Å². The first kappa shape index (κ1) is 17.4. The normalized spacial score (nSPS) is 11.1. The van der Waals surface area contributed by atoms with Crippen LogP contribution < -0.4 is 10.9 Å². The Morgan fingerprint density at radius 1 is 1.43 bits per heavy atom. The molecule has 0 aliphatic rings. The fraction of sp³-hybridized carbons (Fsp3) is 0.438. The molecule has 124 valence electrons. The van der Waals surface area contributed by atoms with Crippen molar-refractivity contribution in [3.63, 3.8) is 0 Å². The van der Waals surface area contributed by atoms with E-state index in [2.05, 4.69) is 10.3 Å². The summed E-state index contributed by atoms with van der Waals surface area (Å²) in [6.45, 7) is 4.84. The zero-order valence-electron chi connectivity index (χ0n) is 13.5. The molecule has 23 heavy (non-hydrogen) atoms. The molecule has 0 bridgehead atoms. The number of benzene rings is 1. The van der Waals surface area contributed by atoms with Crippen molar-refractivity contribution >= 4 is 29.0 Å². The van der Waals surface area contributed by atoms with Gasteiger partial charge >= 0.3 is 0 Å². The monoisotopic (exact) mass is 335 g/mol. The van der Waals surface area contributed by atoms with Crippen LogP contribution in [0, 0.1) is 4.77 Å². The SMILES string of the molecule is COCCCn1c(=S)[nH]c2cc(C(=O)NC(C)C)ccc2c1=O. The van der Waals surface area contributed by atoms with Crippen molar-refractivity contribution < 1.29 is 9.53 Å². The van der Waals surface area contributed by atoms with E-state index in [0.29, 0.717) is 40.8 Å². The highest BCUT2D eigenvalue weighted by atomic mass is 32.1. The number of hydrogen-bond acceptors (Lipinski definition) is 4. The summed E-state index contributed by atoms with van der Waals surface area (Å²) in [5, 5.41) is 3.33. The lowest BCUT2D eigenvalue weighted by Gasteiger charge is -2.10. The highest BCUT2D eigenvalue weighted by Gasteiger charge is 2.11. The summed E-state index contributed by atoms with van der Waals surface area (Å²) < 4.78 is 6.87. The van der Waals surface area contributed by atoms with Crippen LogP contribution in [0.5, 0.6) is 0 Å². The van der Waals surface area contributed by atoms with E-state index in [-0.39, 0.29) is 17.5 Å². The highest BCUT2D eigenvalue weighted by molar-refractivity contribution is 7.71. The van der Waals surface area contributed by atoms with E-state index in [0.717, 1.165) is 0 Å². The first-order chi connectivity index (χ1) is 10.9. The van der Waals surface area contributed by atoms with Crippen LogP contribution >= 0.6 is 12.2 Å². The maximum atomic E-state index is 12.5. The second-order valence-electron chi connectivity index (χ2n) is 5.62. The second-order valence-corrected chi connectivity index (χ2v) is 6.01. The van der Waals surface area contributed by atoms with Crippen LogP contribution in [0.25, 0.3) is 10.9 Å². The van der Waals surface area contributed by atoms with Gasteiger partial charge in [-0.05, 0) is 50.7 Å². The summed E-state index contributed by atoms with van der Waals surface area (Å²) in [5.74, 6) is -0.175. The van der Waals surface area contributed by atoms with Crippen molar-refractivity contribution in [3.8, 4) is 0 Å². The summed E-state index contributed by atoms with van der Waals surface area (Å²) in [6.07, 6.45) is 0.703. The largest absolute Gasteiger partial charge is 0.385 e. The smallest absolute Gasteiger partial charge is 0.262 e. The van der Waals surface area contributed by atoms with Gasteiger partial charge in [-0.1, -0.05) is 0 Å². The van der Waals surface area contributed by atoms with E-state index in [4.69, 9.17) is 17.0 Å². The number of aromatic nitrogens is 2. The molecule has 0 unspecified atom stereocenters. The number of methoxy groups -OCH3 is 1. The average Bonchev–Trinajstić information content (AvgIpc) is 2.49. The molecule has 2 rings (SSSR count). The molecule has 1 heterocycles. The van der Waals surface area contributed by atoms with Gasteiger partial charge in [0, 0.05) is 31.9 Å². The van der Waals surface area contributed by atoms with Gasteiger partial charge in [-0.15, -0.1) is 0 Å². The molecule has 0 saturated carbocycles. The van der Waals surface area contributed by atoms with Crippen molar-refractivity contribution in [3.05, 3.63) is 38.9 Å². The number of ether oxygens (including phenoxy) is 1. The molecule has 2 N–H and O–H groups in total. The highest BCUT2D eigenvalue weighted by Crippen LogP contribution is 2.11. The maximum Gasteiger partial charge on any atom is 0.262 e. The van der Waals surface area contributed by atoms with Gasteiger partial charge in [-0.25, -0.2) is 0 Å². The van der Waals surface area contributed by atoms with Crippen LogP contribution in [0.4, 0.5) is 0 Å². The minimum atomic E-state index is -0.175. The molecule has 0 aliphatic heterocycles. The molecule has 0 aliphatic carbocycles. The number of carbonyl (C=O) groups is 1. The minimum absolute atomic E-state index is 0.0467. The third-order valence-electron chi connectivity index (χ3n) is 3.39. The van der Waals surface area contributed by atoms with Gasteiger partial charge in [0.15, 0.2) is 4.77 Å². The fourth-order valence-corrected chi connectivity index (χ4v) is 2.60. The van der Waals surface area contributed by atoms with E-state index < -0.39 is 0 Å². The summed E-state index contributed by atoms with van der Waals surface area (Å²) in [7, 11) is 1.62. The number of rotatable bonds is 6. The van der Waals surface area contributed by atoms with Gasteiger partial charge in [-0.2, -0.15) is 0 Å². The van der Waals surface area contributed by atoms with E-state index in [1.165, 1.54) is 4.57 Å². The lowest BCUT2D eigenvalue weighted by molar-refractivity contribution is 0.0943. The number of hydrogen-bond donors (Lipinski definition) is 2.